The van der Waals surface area contributed by atoms with Crippen LogP contribution in [0.2, 0.25) is 0 Å². The molecule has 1 aromatic rings. The van der Waals surface area contributed by atoms with Crippen molar-refractivity contribution in [1.82, 2.24) is 5.32 Å². The van der Waals surface area contributed by atoms with Crippen LogP contribution in [-0.4, -0.2) is 24.2 Å². The molecule has 0 spiro atoms. The first-order chi connectivity index (χ1) is 11.7. The minimum absolute atomic E-state index is 0.218. The normalized spacial score (nSPS) is 24.4. The number of carbonyl (C=O) groups excluding carboxylic acids is 2. The first-order valence-corrected chi connectivity index (χ1v) is 8.87. The number of amides is 1. The quantitative estimate of drug-likeness (QED) is 0.838. The van der Waals surface area contributed by atoms with Crippen LogP contribution >= 0.6 is 0 Å². The summed E-state index contributed by atoms with van der Waals surface area (Å²) >= 11 is 0. The first kappa shape index (κ1) is 16.8. The highest BCUT2D eigenvalue weighted by molar-refractivity contribution is 5.75. The van der Waals surface area contributed by atoms with Gasteiger partial charge in [0, 0.05) is 0 Å². The van der Waals surface area contributed by atoms with E-state index in [-0.39, 0.29) is 31.1 Å². The lowest BCUT2D eigenvalue weighted by molar-refractivity contribution is -0.142. The van der Waals surface area contributed by atoms with Crippen molar-refractivity contribution in [3.05, 3.63) is 35.9 Å². The van der Waals surface area contributed by atoms with Crippen LogP contribution in [0.5, 0.6) is 0 Å². The van der Waals surface area contributed by atoms with Crippen molar-refractivity contribution in [3.8, 4) is 0 Å². The number of hydrogen-bond donors (Lipinski definition) is 1. The van der Waals surface area contributed by atoms with E-state index in [0.29, 0.717) is 5.92 Å². The molecule has 0 bridgehead atoms. The Balaban J connectivity index is 1.48. The minimum atomic E-state index is -0.490. The Hall–Kier alpha value is -2.04. The molecule has 1 aliphatic heterocycles. The Morgan fingerprint density at radius 1 is 1.17 bits per heavy atom. The predicted molar refractivity (Wildman–Crippen MR) is 89.2 cm³/mol. The van der Waals surface area contributed by atoms with Crippen molar-refractivity contribution in [2.45, 2.75) is 63.7 Å². The van der Waals surface area contributed by atoms with Crippen LogP contribution in [0.25, 0.3) is 0 Å². The molecule has 3 rings (SSSR count). The molecular formula is C19H25NO4. The van der Waals surface area contributed by atoms with E-state index in [4.69, 9.17) is 9.47 Å². The molecule has 24 heavy (non-hydrogen) atoms. The second-order valence-corrected chi connectivity index (χ2v) is 6.78. The van der Waals surface area contributed by atoms with Crippen molar-refractivity contribution in [2.24, 2.45) is 5.92 Å². The molecule has 2 aliphatic rings. The van der Waals surface area contributed by atoms with Gasteiger partial charge in [-0.05, 0) is 17.9 Å². The van der Waals surface area contributed by atoms with Gasteiger partial charge >= 0.3 is 12.1 Å². The lowest BCUT2D eigenvalue weighted by Crippen LogP contribution is -2.41. The molecule has 1 N–H and O–H groups in total. The van der Waals surface area contributed by atoms with Gasteiger partial charge in [0.2, 0.25) is 0 Å². The number of alkyl carbamates (subject to hydrolysis) is 1. The Labute approximate surface area is 142 Å². The van der Waals surface area contributed by atoms with Gasteiger partial charge < -0.3 is 14.8 Å². The molecule has 5 nitrogen and oxygen atoms in total. The van der Waals surface area contributed by atoms with Crippen molar-refractivity contribution in [1.29, 1.82) is 0 Å². The van der Waals surface area contributed by atoms with Gasteiger partial charge in [-0.2, -0.15) is 0 Å². The fraction of sp³-hybridized carbons (Fsp3) is 0.579. The number of ether oxygens (including phenoxy) is 2. The van der Waals surface area contributed by atoms with E-state index in [0.717, 1.165) is 12.0 Å². The molecule has 1 amide bonds. The fourth-order valence-electron chi connectivity index (χ4n) is 3.63. The van der Waals surface area contributed by atoms with Crippen LogP contribution in [0.1, 0.15) is 50.5 Å². The SMILES string of the molecule is O=C1C[C@H](NC(=O)OCc2ccccc2)[C@H](CC2CCCCC2)O1. The highest BCUT2D eigenvalue weighted by atomic mass is 16.6. The third-order valence-electron chi connectivity index (χ3n) is 4.92. The number of nitrogens with one attached hydrogen (secondary N) is 1. The van der Waals surface area contributed by atoms with Crippen LogP contribution in [0, 0.1) is 5.92 Å². The van der Waals surface area contributed by atoms with Crippen LogP contribution in [-0.2, 0) is 20.9 Å². The van der Waals surface area contributed by atoms with E-state index < -0.39 is 6.09 Å². The van der Waals surface area contributed by atoms with E-state index in [9.17, 15) is 9.59 Å². The van der Waals surface area contributed by atoms with Crippen LogP contribution in [0.4, 0.5) is 4.79 Å². The Morgan fingerprint density at radius 2 is 1.92 bits per heavy atom. The van der Waals surface area contributed by atoms with Gasteiger partial charge in [-0.15, -0.1) is 0 Å². The van der Waals surface area contributed by atoms with Crippen LogP contribution < -0.4 is 5.32 Å². The molecule has 0 aromatic heterocycles. The Kier molecular flexibility index (Phi) is 5.72. The largest absolute Gasteiger partial charge is 0.460 e. The van der Waals surface area contributed by atoms with E-state index in [2.05, 4.69) is 5.32 Å². The van der Waals surface area contributed by atoms with Crippen molar-refractivity contribution < 1.29 is 19.1 Å². The second-order valence-electron chi connectivity index (χ2n) is 6.78. The fourth-order valence-corrected chi connectivity index (χ4v) is 3.63. The zero-order valence-corrected chi connectivity index (χ0v) is 13.9. The summed E-state index contributed by atoms with van der Waals surface area (Å²) in [7, 11) is 0. The standard InChI is InChI=1S/C19H25NO4/c21-18-12-16(17(24-18)11-14-7-3-1-4-8-14)20-19(22)23-13-15-9-5-2-6-10-15/h2,5-6,9-10,14,16-17H,1,3-4,7-8,11-13H2,(H,20,22)/t16-,17-/m0/s1. The van der Waals surface area contributed by atoms with E-state index in [1.807, 2.05) is 30.3 Å². The van der Waals surface area contributed by atoms with Crippen LogP contribution in [0.15, 0.2) is 30.3 Å². The predicted octanol–water partition coefficient (Wildman–Crippen LogP) is 3.57. The lowest BCUT2D eigenvalue weighted by atomic mass is 9.84. The third-order valence-corrected chi connectivity index (χ3v) is 4.92. The lowest BCUT2D eigenvalue weighted by Gasteiger charge is -2.26. The Morgan fingerprint density at radius 3 is 2.67 bits per heavy atom. The number of carbonyl (C=O) groups is 2. The van der Waals surface area contributed by atoms with Gasteiger partial charge in [-0.1, -0.05) is 62.4 Å². The molecule has 2 atom stereocenters. The maximum Gasteiger partial charge on any atom is 0.407 e. The zero-order valence-electron chi connectivity index (χ0n) is 13.9. The van der Waals surface area contributed by atoms with Gasteiger partial charge in [-0.25, -0.2) is 4.79 Å². The van der Waals surface area contributed by atoms with E-state index in [1.54, 1.807) is 0 Å². The summed E-state index contributed by atoms with van der Waals surface area (Å²) < 4.78 is 10.7. The molecule has 0 unspecified atom stereocenters. The van der Waals surface area contributed by atoms with Crippen LogP contribution in [0.3, 0.4) is 0 Å². The summed E-state index contributed by atoms with van der Waals surface area (Å²) in [5, 5.41) is 2.81. The Bertz CT molecular complexity index is 554. The molecule has 2 fully saturated rings. The molecule has 1 saturated carbocycles. The van der Waals surface area contributed by atoms with E-state index >= 15 is 0 Å². The minimum Gasteiger partial charge on any atom is -0.460 e. The van der Waals surface area contributed by atoms with Gasteiger partial charge in [0.25, 0.3) is 0 Å². The molecule has 1 saturated heterocycles. The molecule has 1 aliphatic carbocycles. The number of cyclic esters (lactones) is 1. The summed E-state index contributed by atoms with van der Waals surface area (Å²) in [6.45, 7) is 0.224. The average molecular weight is 331 g/mol. The summed E-state index contributed by atoms with van der Waals surface area (Å²) in [5.41, 5.74) is 0.935. The third kappa shape index (κ3) is 4.73. The monoisotopic (exact) mass is 331 g/mol. The summed E-state index contributed by atoms with van der Waals surface area (Å²) in [4.78, 5) is 23.7. The number of benzene rings is 1. The maximum absolute atomic E-state index is 12.0. The van der Waals surface area contributed by atoms with E-state index in [1.165, 1.54) is 32.1 Å². The van der Waals surface area contributed by atoms with Crippen molar-refractivity contribution in [3.63, 3.8) is 0 Å². The average Bonchev–Trinajstić information content (AvgIpc) is 2.94. The smallest absolute Gasteiger partial charge is 0.407 e. The second kappa shape index (κ2) is 8.18. The molecule has 5 heteroatoms. The molecule has 1 aromatic carbocycles. The van der Waals surface area contributed by atoms with Gasteiger partial charge in [0.1, 0.15) is 12.7 Å². The number of esters is 1. The van der Waals surface area contributed by atoms with Gasteiger partial charge in [-0.3, -0.25) is 4.79 Å². The zero-order chi connectivity index (χ0) is 16.8. The highest BCUT2D eigenvalue weighted by Crippen LogP contribution is 2.31. The summed E-state index contributed by atoms with van der Waals surface area (Å²) in [5.74, 6) is 0.364. The van der Waals surface area contributed by atoms with Crippen molar-refractivity contribution >= 4 is 12.1 Å². The molecule has 0 radical (unpaired) electrons. The van der Waals surface area contributed by atoms with Gasteiger partial charge in [0.05, 0.1) is 12.5 Å². The maximum atomic E-state index is 12.0. The molecular weight excluding hydrogens is 306 g/mol. The molecule has 1 heterocycles. The topological polar surface area (TPSA) is 64.6 Å². The molecule has 130 valence electrons. The number of hydrogen-bond acceptors (Lipinski definition) is 4. The number of rotatable bonds is 5. The van der Waals surface area contributed by atoms with Gasteiger partial charge in [0.15, 0.2) is 0 Å². The van der Waals surface area contributed by atoms with Crippen molar-refractivity contribution in [2.75, 3.05) is 0 Å². The first-order valence-electron chi connectivity index (χ1n) is 8.87. The summed E-state index contributed by atoms with van der Waals surface area (Å²) in [6.07, 6.45) is 6.56. The summed E-state index contributed by atoms with van der Waals surface area (Å²) in [6, 6.07) is 9.26. The highest BCUT2D eigenvalue weighted by Gasteiger charge is 2.37.